The predicted molar refractivity (Wildman–Crippen MR) is 58.4 cm³/mol. The van der Waals surface area contributed by atoms with Gasteiger partial charge in [0.15, 0.2) is 5.82 Å². The summed E-state index contributed by atoms with van der Waals surface area (Å²) in [5, 5.41) is 2.80. The molecule has 0 atom stereocenters. The van der Waals surface area contributed by atoms with Gasteiger partial charge in [0, 0.05) is 18.9 Å². The predicted octanol–water partition coefficient (Wildman–Crippen LogP) is 0.659. The molecule has 1 heterocycles. The SMILES string of the molecule is NCCCCCCNC(=O)c1ncc[nH]1. The lowest BCUT2D eigenvalue weighted by atomic mass is 10.2. The first-order chi connectivity index (χ1) is 7.34. The molecule has 0 unspecified atom stereocenters. The van der Waals surface area contributed by atoms with Gasteiger partial charge in [0.2, 0.25) is 0 Å². The Morgan fingerprint density at radius 2 is 2.20 bits per heavy atom. The van der Waals surface area contributed by atoms with Crippen LogP contribution in [0.2, 0.25) is 0 Å². The smallest absolute Gasteiger partial charge is 0.287 e. The fourth-order valence-electron chi connectivity index (χ4n) is 1.30. The summed E-state index contributed by atoms with van der Waals surface area (Å²) >= 11 is 0. The van der Waals surface area contributed by atoms with E-state index in [4.69, 9.17) is 5.73 Å². The van der Waals surface area contributed by atoms with Crippen LogP contribution in [0.4, 0.5) is 0 Å². The number of carbonyl (C=O) groups is 1. The first kappa shape index (κ1) is 11.7. The fourth-order valence-corrected chi connectivity index (χ4v) is 1.30. The van der Waals surface area contributed by atoms with Gasteiger partial charge in [-0.15, -0.1) is 0 Å². The molecule has 0 saturated carbocycles. The lowest BCUT2D eigenvalue weighted by molar-refractivity contribution is 0.0943. The highest BCUT2D eigenvalue weighted by atomic mass is 16.2. The number of imidazole rings is 1. The molecule has 0 saturated heterocycles. The molecule has 0 aliphatic rings. The highest BCUT2D eigenvalue weighted by Crippen LogP contribution is 1.97. The molecule has 84 valence electrons. The van der Waals surface area contributed by atoms with Crippen LogP contribution in [0.15, 0.2) is 12.4 Å². The number of rotatable bonds is 7. The van der Waals surface area contributed by atoms with E-state index in [0.717, 1.165) is 32.2 Å². The molecule has 0 aromatic carbocycles. The van der Waals surface area contributed by atoms with Gasteiger partial charge >= 0.3 is 0 Å². The van der Waals surface area contributed by atoms with Crippen LogP contribution in [0.5, 0.6) is 0 Å². The Bertz CT molecular complexity index is 271. The Kier molecular flexibility index (Phi) is 5.47. The van der Waals surface area contributed by atoms with E-state index >= 15 is 0 Å². The Morgan fingerprint density at radius 3 is 2.87 bits per heavy atom. The first-order valence-corrected chi connectivity index (χ1v) is 5.32. The number of amides is 1. The minimum absolute atomic E-state index is 0.140. The molecule has 0 spiro atoms. The number of hydrogen-bond acceptors (Lipinski definition) is 3. The number of aromatic amines is 1. The first-order valence-electron chi connectivity index (χ1n) is 5.32. The molecule has 0 aliphatic carbocycles. The number of unbranched alkanes of at least 4 members (excludes halogenated alkanes) is 3. The second kappa shape index (κ2) is 7.00. The van der Waals surface area contributed by atoms with Gasteiger partial charge in [0.1, 0.15) is 0 Å². The van der Waals surface area contributed by atoms with Crippen molar-refractivity contribution in [2.24, 2.45) is 5.73 Å². The van der Waals surface area contributed by atoms with Crippen molar-refractivity contribution >= 4 is 5.91 Å². The number of aromatic nitrogens is 2. The van der Waals surface area contributed by atoms with Gasteiger partial charge in [-0.05, 0) is 19.4 Å². The van der Waals surface area contributed by atoms with Crippen LogP contribution in [0.1, 0.15) is 36.3 Å². The van der Waals surface area contributed by atoms with E-state index in [2.05, 4.69) is 15.3 Å². The zero-order valence-corrected chi connectivity index (χ0v) is 8.83. The van der Waals surface area contributed by atoms with E-state index in [9.17, 15) is 4.79 Å². The minimum Gasteiger partial charge on any atom is -0.349 e. The second-order valence-electron chi connectivity index (χ2n) is 3.40. The Balaban J connectivity index is 2.03. The zero-order valence-electron chi connectivity index (χ0n) is 8.83. The summed E-state index contributed by atoms with van der Waals surface area (Å²) in [5.74, 6) is 0.232. The van der Waals surface area contributed by atoms with Crippen LogP contribution in [0.3, 0.4) is 0 Å². The number of nitrogens with zero attached hydrogens (tertiary/aromatic N) is 1. The van der Waals surface area contributed by atoms with Crippen molar-refractivity contribution in [1.82, 2.24) is 15.3 Å². The zero-order chi connectivity index (χ0) is 10.9. The van der Waals surface area contributed by atoms with Crippen molar-refractivity contribution in [2.45, 2.75) is 25.7 Å². The van der Waals surface area contributed by atoms with Gasteiger partial charge in [-0.2, -0.15) is 0 Å². The number of nitrogens with two attached hydrogens (primary N) is 1. The van der Waals surface area contributed by atoms with Gasteiger partial charge in [-0.1, -0.05) is 12.8 Å². The fraction of sp³-hybridized carbons (Fsp3) is 0.600. The van der Waals surface area contributed by atoms with Gasteiger partial charge in [0.05, 0.1) is 0 Å². The Labute approximate surface area is 89.5 Å². The summed E-state index contributed by atoms with van der Waals surface area (Å²) in [7, 11) is 0. The van der Waals surface area contributed by atoms with E-state index in [1.807, 2.05) is 0 Å². The third-order valence-electron chi connectivity index (χ3n) is 2.13. The van der Waals surface area contributed by atoms with Crippen LogP contribution in [0.25, 0.3) is 0 Å². The van der Waals surface area contributed by atoms with Crippen LogP contribution < -0.4 is 11.1 Å². The van der Waals surface area contributed by atoms with Crippen molar-refractivity contribution in [3.05, 3.63) is 18.2 Å². The molecule has 0 fully saturated rings. The Morgan fingerprint density at radius 1 is 1.40 bits per heavy atom. The standard InChI is InChI=1S/C10H18N4O/c11-5-3-1-2-4-6-14-10(15)9-12-7-8-13-9/h7-8H,1-6,11H2,(H,12,13)(H,14,15). The number of H-pyrrole nitrogens is 1. The number of carbonyl (C=O) groups excluding carboxylic acids is 1. The number of hydrogen-bond donors (Lipinski definition) is 3. The third-order valence-corrected chi connectivity index (χ3v) is 2.13. The van der Waals surface area contributed by atoms with E-state index in [-0.39, 0.29) is 5.91 Å². The van der Waals surface area contributed by atoms with Gasteiger partial charge in [-0.3, -0.25) is 4.79 Å². The average molecular weight is 210 g/mol. The van der Waals surface area contributed by atoms with Crippen LogP contribution in [0, 0.1) is 0 Å². The summed E-state index contributed by atoms with van der Waals surface area (Å²) < 4.78 is 0. The van der Waals surface area contributed by atoms with Crippen LogP contribution >= 0.6 is 0 Å². The monoisotopic (exact) mass is 210 g/mol. The summed E-state index contributed by atoms with van der Waals surface area (Å²) in [5.41, 5.74) is 5.37. The molecule has 0 bridgehead atoms. The molecule has 1 aromatic rings. The molecule has 15 heavy (non-hydrogen) atoms. The summed E-state index contributed by atoms with van der Waals surface area (Å²) in [6.45, 7) is 1.45. The highest BCUT2D eigenvalue weighted by molar-refractivity contribution is 5.90. The highest BCUT2D eigenvalue weighted by Gasteiger charge is 2.05. The topological polar surface area (TPSA) is 83.8 Å². The second-order valence-corrected chi connectivity index (χ2v) is 3.40. The van der Waals surface area contributed by atoms with E-state index in [1.165, 1.54) is 0 Å². The Hall–Kier alpha value is -1.36. The molecule has 5 heteroatoms. The van der Waals surface area contributed by atoms with Crippen LogP contribution in [-0.2, 0) is 0 Å². The molecule has 1 amide bonds. The molecule has 1 aromatic heterocycles. The summed E-state index contributed by atoms with van der Waals surface area (Å²) in [6, 6.07) is 0. The summed E-state index contributed by atoms with van der Waals surface area (Å²) in [4.78, 5) is 18.0. The van der Waals surface area contributed by atoms with E-state index in [0.29, 0.717) is 12.4 Å². The van der Waals surface area contributed by atoms with Crippen molar-refractivity contribution < 1.29 is 4.79 Å². The molecule has 4 N–H and O–H groups in total. The molecular formula is C10H18N4O. The van der Waals surface area contributed by atoms with E-state index in [1.54, 1.807) is 12.4 Å². The quantitative estimate of drug-likeness (QED) is 0.578. The lowest BCUT2D eigenvalue weighted by Gasteiger charge is -2.02. The molecular weight excluding hydrogens is 192 g/mol. The maximum atomic E-state index is 11.4. The van der Waals surface area contributed by atoms with Crippen LogP contribution in [-0.4, -0.2) is 29.0 Å². The van der Waals surface area contributed by atoms with Gasteiger partial charge in [0.25, 0.3) is 5.91 Å². The van der Waals surface area contributed by atoms with Crippen molar-refractivity contribution in [2.75, 3.05) is 13.1 Å². The lowest BCUT2D eigenvalue weighted by Crippen LogP contribution is -2.25. The largest absolute Gasteiger partial charge is 0.349 e. The minimum atomic E-state index is -0.140. The van der Waals surface area contributed by atoms with Crippen molar-refractivity contribution in [3.8, 4) is 0 Å². The molecule has 0 aliphatic heterocycles. The average Bonchev–Trinajstić information content (AvgIpc) is 2.76. The van der Waals surface area contributed by atoms with Crippen molar-refractivity contribution in [3.63, 3.8) is 0 Å². The molecule has 1 rings (SSSR count). The molecule has 0 radical (unpaired) electrons. The maximum absolute atomic E-state index is 11.4. The normalized spacial score (nSPS) is 10.2. The van der Waals surface area contributed by atoms with E-state index < -0.39 is 0 Å². The van der Waals surface area contributed by atoms with Gasteiger partial charge in [-0.25, -0.2) is 4.98 Å². The summed E-state index contributed by atoms with van der Waals surface area (Å²) in [6.07, 6.45) is 7.49. The van der Waals surface area contributed by atoms with Crippen molar-refractivity contribution in [1.29, 1.82) is 0 Å². The third kappa shape index (κ3) is 4.60. The molecule has 5 nitrogen and oxygen atoms in total. The maximum Gasteiger partial charge on any atom is 0.287 e. The van der Waals surface area contributed by atoms with Gasteiger partial charge < -0.3 is 16.0 Å². The number of nitrogens with one attached hydrogen (secondary N) is 2.